The third-order valence-corrected chi connectivity index (χ3v) is 6.52. The van der Waals surface area contributed by atoms with Gasteiger partial charge in [-0.3, -0.25) is 19.5 Å². The van der Waals surface area contributed by atoms with E-state index in [-0.39, 0.29) is 23.2 Å². The van der Waals surface area contributed by atoms with Crippen LogP contribution in [0.5, 0.6) is 5.75 Å². The van der Waals surface area contributed by atoms with Crippen LogP contribution < -0.4 is 5.56 Å². The van der Waals surface area contributed by atoms with E-state index in [1.807, 2.05) is 56.3 Å². The summed E-state index contributed by atoms with van der Waals surface area (Å²) < 4.78 is 6.92. The molecule has 3 aromatic rings. The molecule has 3 heterocycles. The molecule has 1 N–H and O–H groups in total. The Bertz CT molecular complexity index is 1170. The van der Waals surface area contributed by atoms with Gasteiger partial charge in [0, 0.05) is 18.1 Å². The molecule has 1 fully saturated rings. The largest absolute Gasteiger partial charge is 0.507 e. The minimum Gasteiger partial charge on any atom is -0.507 e. The van der Waals surface area contributed by atoms with E-state index in [0.717, 1.165) is 11.1 Å². The zero-order valence-corrected chi connectivity index (χ0v) is 19.7. The summed E-state index contributed by atoms with van der Waals surface area (Å²) in [6.45, 7) is 5.67. The van der Waals surface area contributed by atoms with Crippen LogP contribution in [0.25, 0.3) is 0 Å². The van der Waals surface area contributed by atoms with E-state index in [0.29, 0.717) is 50.3 Å². The van der Waals surface area contributed by atoms with Gasteiger partial charge in [0.25, 0.3) is 5.56 Å². The molecule has 1 aliphatic heterocycles. The van der Waals surface area contributed by atoms with Gasteiger partial charge in [-0.05, 0) is 69.1 Å². The number of nitrogens with zero attached hydrogens (tertiary/aromatic N) is 3. The summed E-state index contributed by atoms with van der Waals surface area (Å²) in [7, 11) is 0. The number of hydrogen-bond donors (Lipinski definition) is 1. The van der Waals surface area contributed by atoms with Crippen LogP contribution in [0.2, 0.25) is 0 Å². The minimum atomic E-state index is -0.443. The second-order valence-electron chi connectivity index (χ2n) is 8.71. The van der Waals surface area contributed by atoms with E-state index in [4.69, 9.17) is 4.74 Å². The molecule has 1 aliphatic rings. The molecule has 0 unspecified atom stereocenters. The summed E-state index contributed by atoms with van der Waals surface area (Å²) in [6.07, 6.45) is 4.68. The number of rotatable bonds is 7. The van der Waals surface area contributed by atoms with Crippen molar-refractivity contribution in [1.82, 2.24) is 14.5 Å². The second-order valence-corrected chi connectivity index (χ2v) is 8.71. The number of aryl methyl sites for hydroxylation is 1. The molecule has 178 valence electrons. The van der Waals surface area contributed by atoms with Crippen LogP contribution in [-0.4, -0.2) is 45.2 Å². The van der Waals surface area contributed by atoms with E-state index >= 15 is 0 Å². The zero-order chi connectivity index (χ0) is 24.1. The number of pyridine rings is 2. The Morgan fingerprint density at radius 1 is 1.15 bits per heavy atom. The van der Waals surface area contributed by atoms with Crippen molar-refractivity contribution >= 4 is 5.97 Å². The predicted octanol–water partition coefficient (Wildman–Crippen LogP) is 3.67. The lowest BCUT2D eigenvalue weighted by atomic mass is 9.91. The minimum absolute atomic E-state index is 0.0128. The van der Waals surface area contributed by atoms with Gasteiger partial charge in [0.2, 0.25) is 0 Å². The van der Waals surface area contributed by atoms with E-state index < -0.39 is 6.04 Å². The summed E-state index contributed by atoms with van der Waals surface area (Å²) >= 11 is 0. The highest BCUT2D eigenvalue weighted by molar-refractivity contribution is 5.72. The highest BCUT2D eigenvalue weighted by Gasteiger charge is 2.34. The molecule has 1 aromatic carbocycles. The first kappa shape index (κ1) is 23.7. The molecule has 0 radical (unpaired) electrons. The number of esters is 1. The van der Waals surface area contributed by atoms with Gasteiger partial charge in [-0.1, -0.05) is 30.3 Å². The molecule has 34 heavy (non-hydrogen) atoms. The summed E-state index contributed by atoms with van der Waals surface area (Å²) in [5.74, 6) is -0.317. The number of likely N-dealkylation sites (tertiary alicyclic amines) is 1. The average Bonchev–Trinajstić information content (AvgIpc) is 2.86. The maximum atomic E-state index is 13.8. The Morgan fingerprint density at radius 2 is 1.82 bits per heavy atom. The molecule has 0 spiro atoms. The normalized spacial score (nSPS) is 15.7. The standard InChI is InChI=1S/C27H31N3O4/c1-3-34-27(33)22-11-15-29(16-12-22)25(21-9-13-28-14-10-21)24-23(31)17-19(2)30(26(24)32)18-20-7-5-4-6-8-20/h4-10,13-14,17,22,25,31H,3,11-12,15-16,18H2,1-2H3/t25-/m0/s1. The molecular weight excluding hydrogens is 430 g/mol. The topological polar surface area (TPSA) is 84.7 Å². The van der Waals surface area contributed by atoms with E-state index in [1.54, 1.807) is 23.0 Å². The fourth-order valence-electron chi connectivity index (χ4n) is 4.75. The molecule has 4 rings (SSSR count). The van der Waals surface area contributed by atoms with Gasteiger partial charge in [0.1, 0.15) is 5.75 Å². The van der Waals surface area contributed by atoms with Gasteiger partial charge in [0.05, 0.1) is 30.7 Å². The first-order valence-electron chi connectivity index (χ1n) is 11.8. The second kappa shape index (κ2) is 10.7. The smallest absolute Gasteiger partial charge is 0.309 e. The average molecular weight is 462 g/mol. The first-order valence-corrected chi connectivity index (χ1v) is 11.8. The monoisotopic (exact) mass is 461 g/mol. The van der Waals surface area contributed by atoms with E-state index in [2.05, 4.69) is 9.88 Å². The molecule has 2 aromatic heterocycles. The van der Waals surface area contributed by atoms with Crippen molar-refractivity contribution in [3.05, 3.63) is 93.7 Å². The fourth-order valence-corrected chi connectivity index (χ4v) is 4.75. The van der Waals surface area contributed by atoms with Crippen molar-refractivity contribution < 1.29 is 14.6 Å². The van der Waals surface area contributed by atoms with E-state index in [1.165, 1.54) is 0 Å². The third kappa shape index (κ3) is 5.04. The van der Waals surface area contributed by atoms with Crippen molar-refractivity contribution in [2.75, 3.05) is 19.7 Å². The van der Waals surface area contributed by atoms with Crippen LogP contribution in [0.4, 0.5) is 0 Å². The fraction of sp³-hybridized carbons (Fsp3) is 0.370. The number of carbonyl (C=O) groups is 1. The lowest BCUT2D eigenvalue weighted by Gasteiger charge is -2.37. The number of hydrogen-bond acceptors (Lipinski definition) is 6. The maximum Gasteiger partial charge on any atom is 0.309 e. The molecule has 7 nitrogen and oxygen atoms in total. The number of ether oxygens (including phenoxy) is 1. The number of aromatic hydroxyl groups is 1. The van der Waals surface area contributed by atoms with Crippen LogP contribution in [0.15, 0.2) is 65.7 Å². The molecule has 7 heteroatoms. The van der Waals surface area contributed by atoms with Crippen LogP contribution in [0, 0.1) is 12.8 Å². The first-order chi connectivity index (χ1) is 16.5. The molecule has 0 aliphatic carbocycles. The van der Waals surface area contributed by atoms with Gasteiger partial charge >= 0.3 is 5.97 Å². The van der Waals surface area contributed by atoms with Crippen molar-refractivity contribution in [3.63, 3.8) is 0 Å². The highest BCUT2D eigenvalue weighted by atomic mass is 16.5. The van der Waals surface area contributed by atoms with Crippen molar-refractivity contribution in [1.29, 1.82) is 0 Å². The lowest BCUT2D eigenvalue weighted by Crippen LogP contribution is -2.42. The predicted molar refractivity (Wildman–Crippen MR) is 130 cm³/mol. The van der Waals surface area contributed by atoms with Crippen molar-refractivity contribution in [2.24, 2.45) is 5.92 Å². The lowest BCUT2D eigenvalue weighted by molar-refractivity contribution is -0.149. The van der Waals surface area contributed by atoms with Crippen LogP contribution in [-0.2, 0) is 16.1 Å². The number of benzene rings is 1. The third-order valence-electron chi connectivity index (χ3n) is 6.52. The Kier molecular flexibility index (Phi) is 7.43. The Balaban J connectivity index is 1.72. The van der Waals surface area contributed by atoms with Crippen LogP contribution in [0.3, 0.4) is 0 Å². The Morgan fingerprint density at radius 3 is 2.47 bits per heavy atom. The Hall–Kier alpha value is -3.45. The van der Waals surface area contributed by atoms with Crippen molar-refractivity contribution in [2.45, 2.75) is 39.3 Å². The van der Waals surface area contributed by atoms with Gasteiger partial charge < -0.3 is 14.4 Å². The highest BCUT2D eigenvalue weighted by Crippen LogP contribution is 2.35. The van der Waals surface area contributed by atoms with Gasteiger partial charge in [-0.15, -0.1) is 0 Å². The summed E-state index contributed by atoms with van der Waals surface area (Å²) in [5.41, 5.74) is 2.73. The summed E-state index contributed by atoms with van der Waals surface area (Å²) in [4.78, 5) is 32.4. The quantitative estimate of drug-likeness (QED) is 0.541. The van der Waals surface area contributed by atoms with Gasteiger partial charge in [-0.2, -0.15) is 0 Å². The summed E-state index contributed by atoms with van der Waals surface area (Å²) in [6, 6.07) is 14.8. The summed E-state index contributed by atoms with van der Waals surface area (Å²) in [5, 5.41) is 11.0. The molecule has 1 saturated heterocycles. The zero-order valence-electron chi connectivity index (χ0n) is 19.7. The Labute approximate surface area is 199 Å². The van der Waals surface area contributed by atoms with Crippen LogP contribution >= 0.6 is 0 Å². The number of piperidine rings is 1. The van der Waals surface area contributed by atoms with E-state index in [9.17, 15) is 14.7 Å². The molecule has 0 amide bonds. The maximum absolute atomic E-state index is 13.8. The SMILES string of the molecule is CCOC(=O)C1CCN([C@@H](c2ccncc2)c2c(O)cc(C)n(Cc3ccccc3)c2=O)CC1. The van der Waals surface area contributed by atoms with Crippen molar-refractivity contribution in [3.8, 4) is 5.75 Å². The van der Waals surface area contributed by atoms with Gasteiger partial charge in [-0.25, -0.2) is 0 Å². The number of carbonyl (C=O) groups excluding carboxylic acids is 1. The molecular formula is C27H31N3O4. The van der Waals surface area contributed by atoms with Crippen LogP contribution in [0.1, 0.15) is 48.2 Å². The molecule has 1 atom stereocenters. The molecule has 0 bridgehead atoms. The van der Waals surface area contributed by atoms with Gasteiger partial charge in [0.15, 0.2) is 0 Å². The number of aromatic nitrogens is 2. The molecule has 0 saturated carbocycles.